The van der Waals surface area contributed by atoms with Crippen LogP contribution in [0.25, 0.3) is 0 Å². The number of nitrogens with two attached hydrogens (primary N) is 1. The van der Waals surface area contributed by atoms with Gasteiger partial charge in [0.1, 0.15) is 5.75 Å². The first-order valence-electron chi connectivity index (χ1n) is 6.90. The summed E-state index contributed by atoms with van der Waals surface area (Å²) in [5.41, 5.74) is 8.11. The van der Waals surface area contributed by atoms with Crippen molar-refractivity contribution in [2.24, 2.45) is 5.73 Å². The maximum atomic E-state index is 12.6. The normalized spacial score (nSPS) is 15.7. The van der Waals surface area contributed by atoms with Crippen molar-refractivity contribution in [1.82, 2.24) is 0 Å². The van der Waals surface area contributed by atoms with Crippen LogP contribution in [0.2, 0.25) is 0 Å². The molecule has 0 spiro atoms. The lowest BCUT2D eigenvalue weighted by atomic mass is 10.00. The molecule has 2 N–H and O–H groups in total. The number of fused-ring (bicyclic) bond motifs is 1. The van der Waals surface area contributed by atoms with E-state index >= 15 is 0 Å². The Morgan fingerprint density at radius 3 is 3.05 bits per heavy atom. The van der Waals surface area contributed by atoms with Crippen molar-refractivity contribution in [3.63, 3.8) is 0 Å². The average Bonchev–Trinajstić information content (AvgIpc) is 2.50. The molecule has 1 aliphatic rings. The van der Waals surface area contributed by atoms with Gasteiger partial charge in [-0.25, -0.2) is 0 Å². The van der Waals surface area contributed by atoms with E-state index in [-0.39, 0.29) is 5.91 Å². The summed E-state index contributed by atoms with van der Waals surface area (Å²) in [6.45, 7) is 0.721. The Balaban J connectivity index is 2.25. The number of hydrogen-bond acceptors (Lipinski definition) is 4. The van der Waals surface area contributed by atoms with Gasteiger partial charge in [-0.3, -0.25) is 4.79 Å². The standard InChI is InChI=1S/C15H22N2O2S/c1-19-13-7-3-5-11-6-4-9-17(14(11)13)15(18)12(16)8-10-20-2/h3,5,7,12H,4,6,8-10,16H2,1-2H3/t12-/m1/s1. The summed E-state index contributed by atoms with van der Waals surface area (Å²) in [6, 6.07) is 5.50. The number of aryl methyl sites for hydroxylation is 1. The van der Waals surface area contributed by atoms with Gasteiger partial charge in [-0.2, -0.15) is 11.8 Å². The molecular weight excluding hydrogens is 272 g/mol. The van der Waals surface area contributed by atoms with E-state index in [0.29, 0.717) is 6.42 Å². The van der Waals surface area contributed by atoms with Crippen molar-refractivity contribution in [3.05, 3.63) is 23.8 Å². The first-order chi connectivity index (χ1) is 9.69. The number of carbonyl (C=O) groups is 1. The van der Waals surface area contributed by atoms with Gasteiger partial charge in [0.05, 0.1) is 18.8 Å². The summed E-state index contributed by atoms with van der Waals surface area (Å²) in [4.78, 5) is 14.4. The van der Waals surface area contributed by atoms with Crippen LogP contribution in [-0.2, 0) is 11.2 Å². The van der Waals surface area contributed by atoms with Crippen LogP contribution in [0.3, 0.4) is 0 Å². The van der Waals surface area contributed by atoms with Crippen molar-refractivity contribution in [2.45, 2.75) is 25.3 Å². The Hall–Kier alpha value is -1.20. The number of hydrogen-bond donors (Lipinski definition) is 1. The van der Waals surface area contributed by atoms with Gasteiger partial charge < -0.3 is 15.4 Å². The van der Waals surface area contributed by atoms with E-state index in [2.05, 4.69) is 6.07 Å². The fourth-order valence-corrected chi connectivity index (χ4v) is 3.06. The number of thioether (sulfide) groups is 1. The van der Waals surface area contributed by atoms with Gasteiger partial charge in [-0.1, -0.05) is 12.1 Å². The van der Waals surface area contributed by atoms with Crippen molar-refractivity contribution < 1.29 is 9.53 Å². The first-order valence-corrected chi connectivity index (χ1v) is 8.30. The number of nitrogens with zero attached hydrogens (tertiary/aromatic N) is 1. The number of para-hydroxylation sites is 1. The molecule has 0 bridgehead atoms. The molecular formula is C15H22N2O2S. The Bertz CT molecular complexity index is 465. The molecule has 20 heavy (non-hydrogen) atoms. The van der Waals surface area contributed by atoms with Gasteiger partial charge >= 0.3 is 0 Å². The lowest BCUT2D eigenvalue weighted by Crippen LogP contribution is -2.46. The second-order valence-electron chi connectivity index (χ2n) is 4.95. The SMILES string of the molecule is COc1cccc2c1N(C(=O)[C@H](N)CCSC)CCC2. The number of rotatable bonds is 5. The summed E-state index contributed by atoms with van der Waals surface area (Å²) < 4.78 is 5.42. The van der Waals surface area contributed by atoms with Gasteiger partial charge in [-0.15, -0.1) is 0 Å². The van der Waals surface area contributed by atoms with Crippen LogP contribution in [0, 0.1) is 0 Å². The maximum Gasteiger partial charge on any atom is 0.244 e. The van der Waals surface area contributed by atoms with Crippen LogP contribution < -0.4 is 15.4 Å². The molecule has 0 aliphatic carbocycles. The zero-order valence-electron chi connectivity index (χ0n) is 12.1. The minimum Gasteiger partial charge on any atom is -0.495 e. The molecule has 1 amide bonds. The predicted octanol–water partition coefficient (Wildman–Crippen LogP) is 2.05. The number of methoxy groups -OCH3 is 1. The Morgan fingerprint density at radius 1 is 1.55 bits per heavy atom. The molecule has 0 saturated heterocycles. The number of carbonyl (C=O) groups excluding carboxylic acids is 1. The van der Waals surface area contributed by atoms with E-state index in [1.807, 2.05) is 23.3 Å². The van der Waals surface area contributed by atoms with Crippen LogP contribution in [-0.4, -0.2) is 37.6 Å². The molecule has 0 fully saturated rings. The van der Waals surface area contributed by atoms with Crippen LogP contribution in [0.1, 0.15) is 18.4 Å². The lowest BCUT2D eigenvalue weighted by Gasteiger charge is -2.32. The van der Waals surface area contributed by atoms with Crippen LogP contribution >= 0.6 is 11.8 Å². The molecule has 0 saturated carbocycles. The highest BCUT2D eigenvalue weighted by Crippen LogP contribution is 2.36. The van der Waals surface area contributed by atoms with E-state index in [1.165, 1.54) is 5.56 Å². The predicted molar refractivity (Wildman–Crippen MR) is 84.6 cm³/mol. The van der Waals surface area contributed by atoms with E-state index in [1.54, 1.807) is 18.9 Å². The highest BCUT2D eigenvalue weighted by molar-refractivity contribution is 7.98. The number of ether oxygens (including phenoxy) is 1. The number of benzene rings is 1. The van der Waals surface area contributed by atoms with Gasteiger partial charge in [0.15, 0.2) is 0 Å². The van der Waals surface area contributed by atoms with Crippen LogP contribution in [0.4, 0.5) is 5.69 Å². The smallest absolute Gasteiger partial charge is 0.244 e. The van der Waals surface area contributed by atoms with Crippen molar-refractivity contribution in [1.29, 1.82) is 0 Å². The lowest BCUT2D eigenvalue weighted by molar-refractivity contribution is -0.120. The van der Waals surface area contributed by atoms with Crippen molar-refractivity contribution >= 4 is 23.4 Å². The topological polar surface area (TPSA) is 55.6 Å². The van der Waals surface area contributed by atoms with E-state index in [4.69, 9.17) is 10.5 Å². The summed E-state index contributed by atoms with van der Waals surface area (Å²) in [7, 11) is 1.64. The zero-order chi connectivity index (χ0) is 14.5. The molecule has 4 nitrogen and oxygen atoms in total. The Kier molecular flexibility index (Phi) is 5.31. The molecule has 1 heterocycles. The molecule has 1 aromatic rings. The third kappa shape index (κ3) is 3.10. The maximum absolute atomic E-state index is 12.6. The minimum absolute atomic E-state index is 0.00417. The van der Waals surface area contributed by atoms with E-state index in [0.717, 1.165) is 36.6 Å². The van der Waals surface area contributed by atoms with Gasteiger partial charge in [0.2, 0.25) is 5.91 Å². The largest absolute Gasteiger partial charge is 0.495 e. The highest BCUT2D eigenvalue weighted by Gasteiger charge is 2.28. The minimum atomic E-state index is -0.432. The molecule has 0 radical (unpaired) electrons. The Labute approximate surface area is 124 Å². The number of amides is 1. The molecule has 5 heteroatoms. The first kappa shape index (κ1) is 15.2. The van der Waals surface area contributed by atoms with Crippen LogP contribution in [0.15, 0.2) is 18.2 Å². The number of anilines is 1. The molecule has 1 aliphatic heterocycles. The van der Waals surface area contributed by atoms with Gasteiger partial charge in [-0.05, 0) is 42.9 Å². The molecule has 0 aromatic heterocycles. The summed E-state index contributed by atoms with van der Waals surface area (Å²) in [5.74, 6) is 1.66. The van der Waals surface area contributed by atoms with Crippen molar-refractivity contribution in [3.8, 4) is 5.75 Å². The molecule has 1 aromatic carbocycles. The van der Waals surface area contributed by atoms with Crippen molar-refractivity contribution in [2.75, 3.05) is 30.6 Å². The fraction of sp³-hybridized carbons (Fsp3) is 0.533. The van der Waals surface area contributed by atoms with E-state index in [9.17, 15) is 4.79 Å². The average molecular weight is 294 g/mol. The highest BCUT2D eigenvalue weighted by atomic mass is 32.2. The summed E-state index contributed by atoms with van der Waals surface area (Å²) in [6.07, 6.45) is 4.69. The molecule has 1 atom stereocenters. The molecule has 0 unspecified atom stereocenters. The van der Waals surface area contributed by atoms with Gasteiger partial charge in [0.25, 0.3) is 0 Å². The third-order valence-electron chi connectivity index (χ3n) is 3.62. The zero-order valence-corrected chi connectivity index (χ0v) is 12.9. The second-order valence-corrected chi connectivity index (χ2v) is 5.93. The monoisotopic (exact) mass is 294 g/mol. The summed E-state index contributed by atoms with van der Waals surface area (Å²) in [5, 5.41) is 0. The second kappa shape index (κ2) is 6.99. The van der Waals surface area contributed by atoms with Crippen LogP contribution in [0.5, 0.6) is 5.75 Å². The third-order valence-corrected chi connectivity index (χ3v) is 4.26. The molecule has 110 valence electrons. The Morgan fingerprint density at radius 2 is 2.35 bits per heavy atom. The summed E-state index contributed by atoms with van der Waals surface area (Å²) >= 11 is 1.71. The fourth-order valence-electron chi connectivity index (χ4n) is 2.57. The van der Waals surface area contributed by atoms with Gasteiger partial charge in [0, 0.05) is 6.54 Å². The quantitative estimate of drug-likeness (QED) is 0.903. The molecule has 2 rings (SSSR count). The van der Waals surface area contributed by atoms with E-state index < -0.39 is 6.04 Å².